The molecule has 0 spiro atoms. The third-order valence-corrected chi connectivity index (χ3v) is 11.3. The third-order valence-electron chi connectivity index (χ3n) is 11.3. The highest BCUT2D eigenvalue weighted by Crippen LogP contribution is 2.16. The number of carbonyl (C=O) groups excluding carboxylic acids is 1. The van der Waals surface area contributed by atoms with E-state index in [1.165, 1.54) is 161 Å². The van der Waals surface area contributed by atoms with Crippen LogP contribution in [0.3, 0.4) is 0 Å². The second-order valence-electron chi connectivity index (χ2n) is 16.9. The quantitative estimate of drug-likeness (QED) is 0.0425. The minimum atomic E-state index is -0.853. The summed E-state index contributed by atoms with van der Waals surface area (Å²) >= 11 is 0. The second kappa shape index (κ2) is 48.5. The van der Waals surface area contributed by atoms with Crippen LogP contribution < -0.4 is 5.32 Å². The van der Waals surface area contributed by atoms with E-state index in [9.17, 15) is 15.0 Å². The molecule has 0 radical (unpaired) electrons. The van der Waals surface area contributed by atoms with E-state index >= 15 is 0 Å². The van der Waals surface area contributed by atoms with E-state index in [1.807, 2.05) is 6.08 Å². The molecule has 0 bridgehead atoms. The molecule has 2 unspecified atom stereocenters. The van der Waals surface area contributed by atoms with Crippen LogP contribution in [-0.4, -0.2) is 34.9 Å². The molecule has 0 fully saturated rings. The molecule has 4 heteroatoms. The van der Waals surface area contributed by atoms with E-state index in [0.29, 0.717) is 6.42 Å². The van der Waals surface area contributed by atoms with Gasteiger partial charge in [-0.25, -0.2) is 0 Å². The molecule has 0 saturated carbocycles. The first-order valence-electron chi connectivity index (χ1n) is 25.0. The summed E-state index contributed by atoms with van der Waals surface area (Å²) in [5, 5.41) is 23.1. The lowest BCUT2D eigenvalue weighted by Crippen LogP contribution is -2.45. The number of hydrogen-bond acceptors (Lipinski definition) is 3. The molecule has 0 aromatic carbocycles. The summed E-state index contributed by atoms with van der Waals surface area (Å²) in [7, 11) is 0. The Morgan fingerprint density at radius 1 is 0.439 bits per heavy atom. The molecule has 3 N–H and O–H groups in total. The molecule has 0 aromatic rings. The zero-order valence-electron chi connectivity index (χ0n) is 38.1. The SMILES string of the molecule is CC/C=C\C/C=C\C/C=C\C/C=C\CCCCCCC(=O)NC(CO)C(O)/C=C/CCCCCCCCCCCCCCCCCCCCCCCCCCCC. The highest BCUT2D eigenvalue weighted by atomic mass is 16.3. The highest BCUT2D eigenvalue weighted by Gasteiger charge is 2.17. The Morgan fingerprint density at radius 2 is 0.772 bits per heavy atom. The van der Waals surface area contributed by atoms with E-state index in [0.717, 1.165) is 70.6 Å². The van der Waals surface area contributed by atoms with Gasteiger partial charge in [0.15, 0.2) is 0 Å². The summed E-state index contributed by atoms with van der Waals surface area (Å²) in [4.78, 5) is 12.4. The minimum absolute atomic E-state index is 0.0872. The van der Waals surface area contributed by atoms with E-state index in [4.69, 9.17) is 0 Å². The summed E-state index contributed by atoms with van der Waals surface area (Å²) in [5.74, 6) is -0.0872. The van der Waals surface area contributed by atoms with Crippen molar-refractivity contribution in [1.29, 1.82) is 0 Å². The normalized spacial score (nSPS) is 13.4. The van der Waals surface area contributed by atoms with Gasteiger partial charge in [0.25, 0.3) is 0 Å². The van der Waals surface area contributed by atoms with Crippen molar-refractivity contribution in [3.05, 3.63) is 60.8 Å². The fraction of sp³-hybridized carbons (Fsp3) is 0.792. The first-order chi connectivity index (χ1) is 28.2. The van der Waals surface area contributed by atoms with Crippen LogP contribution in [-0.2, 0) is 4.79 Å². The van der Waals surface area contributed by atoms with Crippen LogP contribution in [0.1, 0.15) is 251 Å². The van der Waals surface area contributed by atoms with Crippen LogP contribution in [0, 0.1) is 0 Å². The van der Waals surface area contributed by atoms with Gasteiger partial charge in [-0.15, -0.1) is 0 Å². The Morgan fingerprint density at radius 3 is 1.16 bits per heavy atom. The summed E-state index contributed by atoms with van der Waals surface area (Å²) in [6.45, 7) is 4.20. The highest BCUT2D eigenvalue weighted by molar-refractivity contribution is 5.76. The molecule has 4 nitrogen and oxygen atoms in total. The zero-order chi connectivity index (χ0) is 41.4. The summed E-state index contributed by atoms with van der Waals surface area (Å²) in [5.41, 5.74) is 0. The van der Waals surface area contributed by atoms with Crippen molar-refractivity contribution in [1.82, 2.24) is 5.32 Å². The van der Waals surface area contributed by atoms with Gasteiger partial charge >= 0.3 is 0 Å². The number of aliphatic hydroxyl groups excluding tert-OH is 2. The Labute approximate surface area is 356 Å². The van der Waals surface area contributed by atoms with Crippen LogP contribution in [0.15, 0.2) is 60.8 Å². The molecular formula is C53H97NO3. The van der Waals surface area contributed by atoms with Crippen molar-refractivity contribution in [3.63, 3.8) is 0 Å². The van der Waals surface area contributed by atoms with Gasteiger partial charge in [-0.1, -0.05) is 248 Å². The van der Waals surface area contributed by atoms with Crippen molar-refractivity contribution in [3.8, 4) is 0 Å². The van der Waals surface area contributed by atoms with Crippen molar-refractivity contribution < 1.29 is 15.0 Å². The first kappa shape index (κ1) is 55.1. The molecule has 0 aliphatic rings. The number of amides is 1. The summed E-state index contributed by atoms with van der Waals surface area (Å²) in [6.07, 6.45) is 67.9. The maximum atomic E-state index is 12.4. The van der Waals surface area contributed by atoms with E-state index in [2.05, 4.69) is 67.8 Å². The van der Waals surface area contributed by atoms with Crippen LogP contribution >= 0.6 is 0 Å². The number of rotatable bonds is 45. The van der Waals surface area contributed by atoms with Gasteiger partial charge in [0.1, 0.15) is 0 Å². The van der Waals surface area contributed by atoms with Gasteiger partial charge in [-0.3, -0.25) is 4.79 Å². The predicted octanol–water partition coefficient (Wildman–Crippen LogP) is 16.1. The lowest BCUT2D eigenvalue weighted by Gasteiger charge is -2.20. The lowest BCUT2D eigenvalue weighted by molar-refractivity contribution is -0.123. The second-order valence-corrected chi connectivity index (χ2v) is 16.9. The number of aliphatic hydroxyl groups is 2. The molecule has 0 saturated heterocycles. The average molecular weight is 796 g/mol. The Hall–Kier alpha value is -1.91. The van der Waals surface area contributed by atoms with Gasteiger partial charge < -0.3 is 15.5 Å². The number of allylic oxidation sites excluding steroid dienone is 9. The van der Waals surface area contributed by atoms with Gasteiger partial charge in [0.2, 0.25) is 5.91 Å². The number of hydrogen-bond donors (Lipinski definition) is 3. The van der Waals surface area contributed by atoms with Gasteiger partial charge in [-0.2, -0.15) is 0 Å². The van der Waals surface area contributed by atoms with Gasteiger partial charge in [-0.05, 0) is 57.8 Å². The van der Waals surface area contributed by atoms with Gasteiger partial charge in [0, 0.05) is 6.42 Å². The molecule has 1 amide bonds. The van der Waals surface area contributed by atoms with Crippen molar-refractivity contribution >= 4 is 5.91 Å². The number of carbonyl (C=O) groups is 1. The maximum absolute atomic E-state index is 12.4. The molecule has 57 heavy (non-hydrogen) atoms. The fourth-order valence-corrected chi connectivity index (χ4v) is 7.46. The van der Waals surface area contributed by atoms with E-state index in [-0.39, 0.29) is 12.5 Å². The predicted molar refractivity (Wildman–Crippen MR) is 253 cm³/mol. The molecule has 0 aromatic heterocycles. The molecule has 2 atom stereocenters. The van der Waals surface area contributed by atoms with Gasteiger partial charge in [0.05, 0.1) is 18.8 Å². The Bertz CT molecular complexity index is 950. The molecule has 0 rings (SSSR count). The van der Waals surface area contributed by atoms with Crippen LogP contribution in [0.2, 0.25) is 0 Å². The first-order valence-corrected chi connectivity index (χ1v) is 25.0. The van der Waals surface area contributed by atoms with Crippen molar-refractivity contribution in [2.24, 2.45) is 0 Å². The average Bonchev–Trinajstić information content (AvgIpc) is 3.22. The largest absolute Gasteiger partial charge is 0.394 e. The minimum Gasteiger partial charge on any atom is -0.394 e. The standard InChI is InChI=1S/C53H97NO3/c1-3-5-7-9-11-13-15-17-19-21-22-23-24-25-26-27-28-29-30-31-33-34-36-38-40-42-44-46-48-52(56)51(50-55)54-53(57)49-47-45-43-41-39-37-35-32-20-18-16-14-12-10-8-6-4-2/h6,8,12,14,18,20,35,37,46,48,51-52,55-56H,3-5,7,9-11,13,15-17,19,21-34,36,38-45,47,49-50H2,1-2H3,(H,54,57)/b8-6-,14-12-,20-18-,37-35-,48-46+. The smallest absolute Gasteiger partial charge is 0.220 e. The monoisotopic (exact) mass is 796 g/mol. The van der Waals surface area contributed by atoms with Crippen LogP contribution in [0.4, 0.5) is 0 Å². The molecule has 0 heterocycles. The van der Waals surface area contributed by atoms with Crippen LogP contribution in [0.25, 0.3) is 0 Å². The number of nitrogens with one attached hydrogen (secondary N) is 1. The summed E-state index contributed by atoms with van der Waals surface area (Å²) in [6, 6.07) is -0.638. The molecule has 0 aliphatic heterocycles. The molecule has 332 valence electrons. The Balaban J connectivity index is 3.53. The zero-order valence-corrected chi connectivity index (χ0v) is 38.1. The van der Waals surface area contributed by atoms with E-state index < -0.39 is 12.1 Å². The third kappa shape index (κ3) is 45.0. The van der Waals surface area contributed by atoms with Crippen molar-refractivity contribution in [2.45, 2.75) is 264 Å². The molecular weight excluding hydrogens is 699 g/mol. The molecule has 0 aliphatic carbocycles. The van der Waals surface area contributed by atoms with Crippen LogP contribution in [0.5, 0.6) is 0 Å². The van der Waals surface area contributed by atoms with Crippen molar-refractivity contribution in [2.75, 3.05) is 6.61 Å². The Kier molecular flexibility index (Phi) is 46.8. The topological polar surface area (TPSA) is 69.6 Å². The maximum Gasteiger partial charge on any atom is 0.220 e. The fourth-order valence-electron chi connectivity index (χ4n) is 7.46. The summed E-state index contributed by atoms with van der Waals surface area (Å²) < 4.78 is 0. The van der Waals surface area contributed by atoms with E-state index in [1.54, 1.807) is 6.08 Å². The number of unbranched alkanes of at least 4 members (excludes halogenated alkanes) is 30. The lowest BCUT2D eigenvalue weighted by atomic mass is 10.0.